The van der Waals surface area contributed by atoms with Crippen molar-refractivity contribution in [1.29, 1.82) is 0 Å². The normalized spacial score (nSPS) is 11.9. The third kappa shape index (κ3) is 6.50. The summed E-state index contributed by atoms with van der Waals surface area (Å²) in [5.41, 5.74) is 17.0. The molecule has 60 heavy (non-hydrogen) atoms. The zero-order valence-electron chi connectivity index (χ0n) is 32.7. The van der Waals surface area contributed by atoms with Crippen LogP contribution in [-0.4, -0.2) is 29.1 Å². The van der Waals surface area contributed by atoms with Gasteiger partial charge in [-0.15, -0.1) is 0 Å². The molecule has 0 bridgehead atoms. The van der Waals surface area contributed by atoms with Gasteiger partial charge in [0.2, 0.25) is 0 Å². The van der Waals surface area contributed by atoms with Gasteiger partial charge in [-0.25, -0.2) is 19.9 Å². The molecule has 6 nitrogen and oxygen atoms in total. The van der Waals surface area contributed by atoms with E-state index >= 15 is 0 Å². The number of fused-ring (bicyclic) bond motifs is 3. The van der Waals surface area contributed by atoms with Crippen molar-refractivity contribution in [2.75, 3.05) is 0 Å². The summed E-state index contributed by atoms with van der Waals surface area (Å²) in [7, 11) is 0. The summed E-state index contributed by atoms with van der Waals surface area (Å²) in [6.45, 7) is 0. The fourth-order valence-corrected chi connectivity index (χ4v) is 8.42. The molecule has 10 aromatic rings. The second-order valence-corrected chi connectivity index (χ2v) is 15.1. The largest absolute Gasteiger partial charge is 0.315 e. The van der Waals surface area contributed by atoms with E-state index in [2.05, 4.69) is 173 Å². The molecule has 0 unspecified atom stereocenters. The molecule has 1 aliphatic rings. The molecule has 0 saturated carbocycles. The van der Waals surface area contributed by atoms with E-state index in [0.717, 1.165) is 80.2 Å². The highest BCUT2D eigenvalue weighted by Crippen LogP contribution is 2.40. The first-order valence-electron chi connectivity index (χ1n) is 20.3. The van der Waals surface area contributed by atoms with Gasteiger partial charge in [-0.1, -0.05) is 146 Å². The van der Waals surface area contributed by atoms with Crippen molar-refractivity contribution in [3.8, 4) is 90.4 Å². The summed E-state index contributed by atoms with van der Waals surface area (Å²) in [6.07, 6.45) is 8.36. The van der Waals surface area contributed by atoms with E-state index in [1.165, 1.54) is 22.5 Å². The van der Waals surface area contributed by atoms with Gasteiger partial charge in [0.15, 0.2) is 11.6 Å². The lowest BCUT2D eigenvalue weighted by Crippen LogP contribution is -2.09. The Hall–Kier alpha value is -7.96. The van der Waals surface area contributed by atoms with Crippen LogP contribution in [0.5, 0.6) is 0 Å². The molecule has 4 aromatic heterocycles. The Kier molecular flexibility index (Phi) is 8.86. The molecule has 0 aliphatic heterocycles. The molecule has 1 aliphatic carbocycles. The number of aryl methyl sites for hydroxylation is 2. The topological polar surface area (TPSA) is 61.4 Å². The van der Waals surface area contributed by atoms with E-state index in [4.69, 9.17) is 19.9 Å². The SMILES string of the molecule is c1ccc(-c2cc(-c3ccccc3)nc(-c3cccc(-n4ccc5c4-c4c(ccn4-c4cccc(-c6cnc(-c7ccccc7)nc6-c6ccccc6)c4)CC5)c3)n2)cc1. The second-order valence-electron chi connectivity index (χ2n) is 15.1. The highest BCUT2D eigenvalue weighted by atomic mass is 15.1. The molecule has 6 heteroatoms. The lowest BCUT2D eigenvalue weighted by atomic mass is 9.95. The van der Waals surface area contributed by atoms with Crippen LogP contribution in [0.1, 0.15) is 11.1 Å². The molecule has 0 atom stereocenters. The van der Waals surface area contributed by atoms with Crippen LogP contribution < -0.4 is 0 Å². The lowest BCUT2D eigenvalue weighted by Gasteiger charge is -2.21. The van der Waals surface area contributed by atoms with E-state index in [1.807, 2.05) is 42.6 Å². The standard InChI is InChI=1S/C54H38N6/c1-5-15-37(16-6-1)48-35-49(38-17-7-2-8-18-38)57-54(56-48)44-24-14-26-46(34-44)60-32-30-41-28-27-40-29-31-59(51(40)52(41)60)45-25-13-23-43(33-45)47-36-55-53(42-21-11-4-12-22-42)58-50(47)39-19-9-3-10-20-39/h1-26,29-36H,27-28H2. The van der Waals surface area contributed by atoms with Gasteiger partial charge in [-0.3, -0.25) is 0 Å². The molecule has 0 fully saturated rings. The van der Waals surface area contributed by atoms with Crippen LogP contribution in [0.25, 0.3) is 90.4 Å². The van der Waals surface area contributed by atoms with Crippen molar-refractivity contribution in [1.82, 2.24) is 29.1 Å². The maximum atomic E-state index is 5.16. The third-order valence-corrected chi connectivity index (χ3v) is 11.4. The Balaban J connectivity index is 0.997. The van der Waals surface area contributed by atoms with Crippen molar-refractivity contribution >= 4 is 0 Å². The second kappa shape index (κ2) is 15.1. The van der Waals surface area contributed by atoms with Gasteiger partial charge in [-0.2, -0.15) is 0 Å². The molecule has 11 rings (SSSR count). The molecule has 0 radical (unpaired) electrons. The van der Waals surface area contributed by atoms with E-state index in [0.29, 0.717) is 11.6 Å². The van der Waals surface area contributed by atoms with Crippen LogP contribution in [0.15, 0.2) is 207 Å². The van der Waals surface area contributed by atoms with Gasteiger partial charge >= 0.3 is 0 Å². The van der Waals surface area contributed by atoms with Gasteiger partial charge < -0.3 is 9.13 Å². The van der Waals surface area contributed by atoms with E-state index < -0.39 is 0 Å². The Morgan fingerprint density at radius 1 is 0.367 bits per heavy atom. The van der Waals surface area contributed by atoms with Crippen molar-refractivity contribution in [2.24, 2.45) is 0 Å². The Morgan fingerprint density at radius 2 is 0.833 bits per heavy atom. The predicted octanol–water partition coefficient (Wildman–Crippen LogP) is 12.6. The number of hydrogen-bond acceptors (Lipinski definition) is 4. The fourth-order valence-electron chi connectivity index (χ4n) is 8.42. The van der Waals surface area contributed by atoms with Gasteiger partial charge in [0.1, 0.15) is 0 Å². The van der Waals surface area contributed by atoms with Crippen molar-refractivity contribution < 1.29 is 0 Å². The molecular weight excluding hydrogens is 733 g/mol. The van der Waals surface area contributed by atoms with Crippen LogP contribution in [-0.2, 0) is 12.8 Å². The smallest absolute Gasteiger partial charge is 0.160 e. The minimum absolute atomic E-state index is 0.689. The van der Waals surface area contributed by atoms with Crippen molar-refractivity contribution in [3.05, 3.63) is 218 Å². The molecule has 0 spiro atoms. The summed E-state index contributed by atoms with van der Waals surface area (Å²) in [5.74, 6) is 1.40. The molecule has 0 N–H and O–H groups in total. The highest BCUT2D eigenvalue weighted by molar-refractivity contribution is 5.83. The summed E-state index contributed by atoms with van der Waals surface area (Å²) < 4.78 is 4.68. The summed E-state index contributed by atoms with van der Waals surface area (Å²) in [5, 5.41) is 0. The van der Waals surface area contributed by atoms with Gasteiger partial charge in [0.25, 0.3) is 0 Å². The van der Waals surface area contributed by atoms with Crippen molar-refractivity contribution in [3.63, 3.8) is 0 Å². The first kappa shape index (κ1) is 35.2. The van der Waals surface area contributed by atoms with E-state index in [1.54, 1.807) is 0 Å². The number of nitrogens with zero attached hydrogens (tertiary/aromatic N) is 6. The number of aromatic nitrogens is 6. The van der Waals surface area contributed by atoms with Gasteiger partial charge in [0, 0.05) is 63.3 Å². The molecule has 4 heterocycles. The van der Waals surface area contributed by atoms with Crippen LogP contribution in [0.3, 0.4) is 0 Å². The first-order chi connectivity index (χ1) is 29.7. The van der Waals surface area contributed by atoms with E-state index in [9.17, 15) is 0 Å². The third-order valence-electron chi connectivity index (χ3n) is 11.4. The van der Waals surface area contributed by atoms with E-state index in [-0.39, 0.29) is 0 Å². The highest BCUT2D eigenvalue weighted by Gasteiger charge is 2.25. The summed E-state index contributed by atoms with van der Waals surface area (Å²) in [6, 6.07) is 65.2. The van der Waals surface area contributed by atoms with Crippen molar-refractivity contribution in [2.45, 2.75) is 12.8 Å². The zero-order valence-corrected chi connectivity index (χ0v) is 32.7. The average molecular weight is 771 g/mol. The Bertz CT molecular complexity index is 3070. The molecular formula is C54H38N6. The number of rotatable bonds is 8. The maximum absolute atomic E-state index is 5.16. The maximum Gasteiger partial charge on any atom is 0.160 e. The average Bonchev–Trinajstić information content (AvgIpc) is 3.98. The fraction of sp³-hybridized carbons (Fsp3) is 0.0370. The quantitative estimate of drug-likeness (QED) is 0.154. The summed E-state index contributed by atoms with van der Waals surface area (Å²) in [4.78, 5) is 20.3. The Labute approximate surface area is 348 Å². The molecule has 0 saturated heterocycles. The number of hydrogen-bond donors (Lipinski definition) is 0. The Morgan fingerprint density at radius 3 is 1.38 bits per heavy atom. The number of benzene rings is 6. The van der Waals surface area contributed by atoms with Crippen LogP contribution in [0, 0.1) is 0 Å². The minimum atomic E-state index is 0.689. The predicted molar refractivity (Wildman–Crippen MR) is 242 cm³/mol. The first-order valence-corrected chi connectivity index (χ1v) is 20.3. The molecule has 0 amide bonds. The molecule has 6 aromatic carbocycles. The van der Waals surface area contributed by atoms with Crippen LogP contribution in [0.2, 0.25) is 0 Å². The lowest BCUT2D eigenvalue weighted by molar-refractivity contribution is 0.909. The summed E-state index contributed by atoms with van der Waals surface area (Å²) >= 11 is 0. The minimum Gasteiger partial charge on any atom is -0.315 e. The van der Waals surface area contributed by atoms with Crippen LogP contribution in [0.4, 0.5) is 0 Å². The zero-order chi connectivity index (χ0) is 39.8. The van der Waals surface area contributed by atoms with Gasteiger partial charge in [-0.05, 0) is 72.0 Å². The van der Waals surface area contributed by atoms with Gasteiger partial charge in [0.05, 0.1) is 28.5 Å². The van der Waals surface area contributed by atoms with Crippen LogP contribution >= 0.6 is 0 Å². The monoisotopic (exact) mass is 770 g/mol. The molecule has 284 valence electrons.